The number of carboxylic acids is 1. The highest BCUT2D eigenvalue weighted by Gasteiger charge is 2.46. The zero-order valence-corrected chi connectivity index (χ0v) is 21.5. The number of carbonyl (C=O) groups is 1. The van der Waals surface area contributed by atoms with Crippen LogP contribution in [-0.4, -0.2) is 46.6 Å². The topological polar surface area (TPSA) is 105 Å². The summed E-state index contributed by atoms with van der Waals surface area (Å²) in [6.45, 7) is 14.5. The van der Waals surface area contributed by atoms with E-state index in [4.69, 9.17) is 11.5 Å². The van der Waals surface area contributed by atoms with Crippen LogP contribution in [0.5, 0.6) is 0 Å². The fourth-order valence-corrected chi connectivity index (χ4v) is 6.59. The number of hydrogen-bond donors (Lipinski definition) is 3. The van der Waals surface area contributed by atoms with Crippen LogP contribution in [0, 0.1) is 35.5 Å². The normalized spacial score (nSPS) is 32.3. The molecule has 2 rings (SSSR count). The first-order valence-electron chi connectivity index (χ1n) is 13.1. The van der Waals surface area contributed by atoms with E-state index >= 15 is 0 Å². The first-order valence-corrected chi connectivity index (χ1v) is 13.1. The molecule has 2 fully saturated rings. The number of hydrogen-bond acceptors (Lipinski definition) is 3. The maximum Gasteiger partial charge on any atom is 0.320 e. The number of rotatable bonds is 10. The highest BCUT2D eigenvalue weighted by atomic mass is 16.4. The molecule has 6 unspecified atom stereocenters. The Labute approximate surface area is 196 Å². The SMILES string of the molecule is CC1CCC(C(C)C)C(N(C2CC(C)CCC2C(C)C)[C@@H](CCCN=C(N)N)C(=O)O)C1. The van der Waals surface area contributed by atoms with Crippen LogP contribution in [0.4, 0.5) is 0 Å². The van der Waals surface area contributed by atoms with Crippen molar-refractivity contribution in [1.29, 1.82) is 0 Å². The van der Waals surface area contributed by atoms with Crippen LogP contribution in [0.2, 0.25) is 0 Å². The Hall–Kier alpha value is -1.30. The second-order valence-electron chi connectivity index (χ2n) is 11.5. The summed E-state index contributed by atoms with van der Waals surface area (Å²) in [4.78, 5) is 19.4. The van der Waals surface area contributed by atoms with E-state index in [1.54, 1.807) is 0 Å². The van der Waals surface area contributed by atoms with Crippen molar-refractivity contribution in [3.05, 3.63) is 0 Å². The molecule has 0 heterocycles. The molecule has 0 spiro atoms. The minimum Gasteiger partial charge on any atom is -0.480 e. The van der Waals surface area contributed by atoms with Gasteiger partial charge in [-0.2, -0.15) is 0 Å². The molecular formula is C26H50N4O2. The Kier molecular flexibility index (Phi) is 10.3. The van der Waals surface area contributed by atoms with Crippen molar-refractivity contribution in [3.63, 3.8) is 0 Å². The highest BCUT2D eigenvalue weighted by molar-refractivity contribution is 5.75. The van der Waals surface area contributed by atoms with E-state index in [0.29, 0.717) is 67.0 Å². The lowest BCUT2D eigenvalue weighted by Gasteiger charge is -2.53. The fourth-order valence-electron chi connectivity index (χ4n) is 6.59. The van der Waals surface area contributed by atoms with E-state index in [2.05, 4.69) is 51.4 Å². The molecule has 0 saturated heterocycles. The quantitative estimate of drug-likeness (QED) is 0.254. The van der Waals surface area contributed by atoms with Gasteiger partial charge in [-0.3, -0.25) is 14.7 Å². The standard InChI is InChI=1S/C26H50N4O2/c1-16(2)20-11-9-18(5)14-23(20)30(22(25(31)32)8-7-13-29-26(27)28)24-15-19(6)10-12-21(24)17(3)4/h16-24H,7-15H2,1-6H3,(H,31,32)(H4,27,28,29)/t18?,19?,20?,21?,22-,23?,24?/m0/s1. The lowest BCUT2D eigenvalue weighted by molar-refractivity contribution is -0.151. The van der Waals surface area contributed by atoms with Crippen LogP contribution in [0.15, 0.2) is 4.99 Å². The Morgan fingerprint density at radius 1 is 0.938 bits per heavy atom. The second kappa shape index (κ2) is 12.2. The van der Waals surface area contributed by atoms with Gasteiger partial charge in [-0.25, -0.2) is 0 Å². The fraction of sp³-hybridized carbons (Fsp3) is 0.923. The summed E-state index contributed by atoms with van der Waals surface area (Å²) in [6.07, 6.45) is 8.41. The molecule has 0 amide bonds. The van der Waals surface area contributed by atoms with Crippen LogP contribution in [0.1, 0.15) is 92.9 Å². The minimum absolute atomic E-state index is 0.0793. The molecule has 7 atom stereocenters. The van der Waals surface area contributed by atoms with Crippen LogP contribution in [0.25, 0.3) is 0 Å². The maximum absolute atomic E-state index is 12.7. The summed E-state index contributed by atoms with van der Waals surface area (Å²) >= 11 is 0. The van der Waals surface area contributed by atoms with E-state index in [-0.39, 0.29) is 5.96 Å². The number of aliphatic carboxylic acids is 1. The van der Waals surface area contributed by atoms with Crippen molar-refractivity contribution in [1.82, 2.24) is 4.90 Å². The van der Waals surface area contributed by atoms with Crippen molar-refractivity contribution in [2.45, 2.75) is 111 Å². The summed E-state index contributed by atoms with van der Waals surface area (Å²) < 4.78 is 0. The van der Waals surface area contributed by atoms with Crippen molar-refractivity contribution in [2.75, 3.05) is 6.54 Å². The molecule has 6 heteroatoms. The number of nitrogens with zero attached hydrogens (tertiary/aromatic N) is 2. The average molecular weight is 451 g/mol. The second-order valence-corrected chi connectivity index (χ2v) is 11.5. The van der Waals surface area contributed by atoms with Crippen LogP contribution in [0.3, 0.4) is 0 Å². The van der Waals surface area contributed by atoms with Crippen molar-refractivity contribution < 1.29 is 9.90 Å². The minimum atomic E-state index is -0.684. The van der Waals surface area contributed by atoms with Crippen LogP contribution < -0.4 is 11.5 Å². The molecule has 0 radical (unpaired) electrons. The van der Waals surface area contributed by atoms with Gasteiger partial charge in [-0.05, 0) is 74.0 Å². The van der Waals surface area contributed by atoms with Gasteiger partial charge in [0, 0.05) is 18.6 Å². The zero-order valence-electron chi connectivity index (χ0n) is 21.5. The largest absolute Gasteiger partial charge is 0.480 e. The van der Waals surface area contributed by atoms with E-state index in [9.17, 15) is 9.90 Å². The monoisotopic (exact) mass is 450 g/mol. The van der Waals surface area contributed by atoms with Gasteiger partial charge in [-0.15, -0.1) is 0 Å². The van der Waals surface area contributed by atoms with Crippen molar-refractivity contribution in [3.8, 4) is 0 Å². The Morgan fingerprint density at radius 2 is 1.41 bits per heavy atom. The third-order valence-electron chi connectivity index (χ3n) is 8.32. The number of aliphatic imine (C=N–C) groups is 1. The molecule has 0 aromatic carbocycles. The lowest BCUT2D eigenvalue weighted by atomic mass is 9.68. The molecule has 0 bridgehead atoms. The lowest BCUT2D eigenvalue weighted by Crippen LogP contribution is -2.60. The Morgan fingerprint density at radius 3 is 1.78 bits per heavy atom. The third kappa shape index (κ3) is 7.10. The van der Waals surface area contributed by atoms with Gasteiger partial charge in [0.05, 0.1) is 0 Å². The summed E-state index contributed by atoms with van der Waals surface area (Å²) in [5.74, 6) is 2.91. The zero-order chi connectivity index (χ0) is 24.0. The number of nitrogens with two attached hydrogens (primary N) is 2. The van der Waals surface area contributed by atoms with Crippen LogP contribution >= 0.6 is 0 Å². The van der Waals surface area contributed by atoms with Crippen LogP contribution in [-0.2, 0) is 4.79 Å². The molecule has 2 aliphatic rings. The van der Waals surface area contributed by atoms with Gasteiger partial charge < -0.3 is 16.6 Å². The number of carboxylic acid groups (broad SMARTS) is 1. The molecule has 186 valence electrons. The van der Waals surface area contributed by atoms with Gasteiger partial charge in [-0.1, -0.05) is 54.4 Å². The van der Waals surface area contributed by atoms with Crippen molar-refractivity contribution >= 4 is 11.9 Å². The molecule has 0 aromatic rings. The molecule has 2 saturated carbocycles. The maximum atomic E-state index is 12.7. The first-order chi connectivity index (χ1) is 15.0. The Balaban J connectivity index is 2.45. The summed E-state index contributed by atoms with van der Waals surface area (Å²) in [5.41, 5.74) is 11.0. The summed E-state index contributed by atoms with van der Waals surface area (Å²) in [5, 5.41) is 10.5. The number of guanidine groups is 1. The van der Waals surface area contributed by atoms with Gasteiger partial charge in [0.15, 0.2) is 5.96 Å². The molecule has 2 aliphatic carbocycles. The molecule has 32 heavy (non-hydrogen) atoms. The van der Waals surface area contributed by atoms with E-state index in [0.717, 1.165) is 12.8 Å². The molecular weight excluding hydrogens is 400 g/mol. The molecule has 5 N–H and O–H groups in total. The van der Waals surface area contributed by atoms with Gasteiger partial charge in [0.25, 0.3) is 0 Å². The van der Waals surface area contributed by atoms with Crippen molar-refractivity contribution in [2.24, 2.45) is 52.0 Å². The van der Waals surface area contributed by atoms with Gasteiger partial charge in [0.1, 0.15) is 6.04 Å². The first kappa shape index (κ1) is 26.9. The van der Waals surface area contributed by atoms with Gasteiger partial charge in [0.2, 0.25) is 0 Å². The third-order valence-corrected chi connectivity index (χ3v) is 8.32. The predicted molar refractivity (Wildman–Crippen MR) is 133 cm³/mol. The summed E-state index contributed by atoms with van der Waals surface area (Å²) in [6, 6.07) is 0.191. The molecule has 0 aliphatic heterocycles. The highest BCUT2D eigenvalue weighted by Crippen LogP contribution is 2.44. The predicted octanol–water partition coefficient (Wildman–Crippen LogP) is 4.72. The van der Waals surface area contributed by atoms with E-state index in [1.165, 1.54) is 25.7 Å². The van der Waals surface area contributed by atoms with E-state index < -0.39 is 12.0 Å². The smallest absolute Gasteiger partial charge is 0.320 e. The average Bonchev–Trinajstić information content (AvgIpc) is 2.69. The van der Waals surface area contributed by atoms with Gasteiger partial charge >= 0.3 is 5.97 Å². The molecule has 0 aromatic heterocycles. The Bertz CT molecular complexity index is 585. The molecule has 6 nitrogen and oxygen atoms in total. The van der Waals surface area contributed by atoms with E-state index in [1.807, 2.05) is 0 Å². The summed E-state index contributed by atoms with van der Waals surface area (Å²) in [7, 11) is 0.